The van der Waals surface area contributed by atoms with Crippen molar-refractivity contribution in [3.05, 3.63) is 73.7 Å². The van der Waals surface area contributed by atoms with Crippen LogP contribution in [0.15, 0.2) is 58.4 Å². The number of carbonyl (C=O) groups is 4. The second-order valence-corrected chi connectivity index (χ2v) is 10.9. The van der Waals surface area contributed by atoms with Crippen LogP contribution in [0.4, 0.5) is 5.69 Å². The normalized spacial score (nSPS) is 20.4. The minimum atomic E-state index is -1.32. The van der Waals surface area contributed by atoms with Crippen molar-refractivity contribution in [2.24, 2.45) is 5.92 Å². The highest BCUT2D eigenvalue weighted by Gasteiger charge is 2.56. The van der Waals surface area contributed by atoms with Gasteiger partial charge in [0.1, 0.15) is 17.5 Å². The fourth-order valence-electron chi connectivity index (χ4n) is 4.46. The van der Waals surface area contributed by atoms with Gasteiger partial charge in [-0.2, -0.15) is 0 Å². The van der Waals surface area contributed by atoms with Gasteiger partial charge in [-0.1, -0.05) is 52.9 Å². The molecule has 2 aliphatic rings. The van der Waals surface area contributed by atoms with E-state index in [-0.39, 0.29) is 17.2 Å². The first-order valence-electron chi connectivity index (χ1n) is 11.0. The van der Waals surface area contributed by atoms with Crippen molar-refractivity contribution in [3.63, 3.8) is 0 Å². The van der Waals surface area contributed by atoms with Gasteiger partial charge in [-0.15, -0.1) is 0 Å². The molecule has 3 amide bonds. The molecule has 37 heavy (non-hydrogen) atoms. The summed E-state index contributed by atoms with van der Waals surface area (Å²) in [6, 6.07) is 13.5. The van der Waals surface area contributed by atoms with Crippen LogP contribution in [0, 0.1) is 5.92 Å². The Balaban J connectivity index is 1.51. The van der Waals surface area contributed by atoms with E-state index < -0.39 is 47.3 Å². The number of hydrogen-bond donors (Lipinski definition) is 3. The van der Waals surface area contributed by atoms with Gasteiger partial charge >= 0.3 is 10.8 Å². The molecule has 13 heteroatoms. The summed E-state index contributed by atoms with van der Waals surface area (Å²) < 4.78 is 5.84. The van der Waals surface area contributed by atoms with Crippen LogP contribution in [-0.2, 0) is 19.2 Å². The smallest absolute Gasteiger partial charge is 0.323 e. The number of anilines is 1. The number of H-pyrrole nitrogens is 1. The fourth-order valence-corrected chi connectivity index (χ4v) is 7.16. The predicted molar refractivity (Wildman–Crippen MR) is 136 cm³/mol. The Morgan fingerprint density at radius 2 is 1.86 bits per heavy atom. The summed E-state index contributed by atoms with van der Waals surface area (Å²) in [5.74, 6) is -4.61. The largest absolute Gasteiger partial charge is 0.483 e. The van der Waals surface area contributed by atoms with Crippen molar-refractivity contribution in [1.29, 1.82) is 0 Å². The molecule has 3 atom stereocenters. The average molecular weight is 560 g/mol. The number of carbonyl (C=O) groups excluding carboxylic acids is 3. The summed E-state index contributed by atoms with van der Waals surface area (Å²) in [5, 5.41) is 11.7. The van der Waals surface area contributed by atoms with Crippen LogP contribution in [0.1, 0.15) is 16.4 Å². The number of rotatable bonds is 7. The Morgan fingerprint density at radius 3 is 2.59 bits per heavy atom. The maximum atomic E-state index is 13.4. The molecule has 3 N–H and O–H groups in total. The number of imide groups is 1. The molecule has 1 fully saturated rings. The summed E-state index contributed by atoms with van der Waals surface area (Å²) in [6.45, 7) is -1.12. The van der Waals surface area contributed by atoms with Crippen LogP contribution < -0.4 is 14.9 Å². The zero-order valence-electron chi connectivity index (χ0n) is 18.8. The van der Waals surface area contributed by atoms with Crippen molar-refractivity contribution in [1.82, 2.24) is 9.88 Å². The Kier molecular flexibility index (Phi) is 6.80. The number of thioether (sulfide) groups is 1. The number of aliphatic carboxylic acids is 1. The highest BCUT2D eigenvalue weighted by molar-refractivity contribution is 8.00. The molecule has 3 aromatic rings. The third-order valence-corrected chi connectivity index (χ3v) is 8.57. The number of halogens is 1. The number of aromatic amines is 1. The highest BCUT2D eigenvalue weighted by Crippen LogP contribution is 2.54. The number of fused-ring (bicyclic) bond motifs is 2. The summed E-state index contributed by atoms with van der Waals surface area (Å²) in [6.07, 6.45) is 0. The van der Waals surface area contributed by atoms with Gasteiger partial charge in [-0.05, 0) is 30.3 Å². The van der Waals surface area contributed by atoms with Gasteiger partial charge in [0.15, 0.2) is 6.61 Å². The highest BCUT2D eigenvalue weighted by atomic mass is 35.5. The van der Waals surface area contributed by atoms with Crippen molar-refractivity contribution >= 4 is 64.1 Å². The number of carboxylic acid groups (broad SMARTS) is 1. The molecule has 0 aliphatic carbocycles. The topological polar surface area (TPSA) is 146 Å². The number of thiazole rings is 1. The van der Waals surface area contributed by atoms with Crippen molar-refractivity contribution < 1.29 is 29.0 Å². The van der Waals surface area contributed by atoms with Gasteiger partial charge in [0.25, 0.3) is 5.91 Å². The third-order valence-electron chi connectivity index (χ3n) is 5.93. The SMILES string of the molecule is O=C(O)CN1C(=O)C2Sc3[nH]c(=O)sc3[C@H](c3cc(Cl)ccc3OCC(=O)Nc3ccccc3)C2C1=O. The summed E-state index contributed by atoms with van der Waals surface area (Å²) >= 11 is 8.22. The molecular formula is C24H18ClN3O7S2. The quantitative estimate of drug-likeness (QED) is 0.375. The van der Waals surface area contributed by atoms with Gasteiger partial charge < -0.3 is 20.1 Å². The molecule has 5 rings (SSSR count). The molecule has 1 aromatic heterocycles. The number of benzene rings is 2. The number of amides is 3. The number of para-hydroxylation sites is 1. The van der Waals surface area contributed by atoms with Gasteiger partial charge in [0, 0.05) is 27.1 Å². The molecular weight excluding hydrogens is 542 g/mol. The number of likely N-dealkylation sites (tertiary alicyclic amines) is 1. The third kappa shape index (κ3) is 4.87. The van der Waals surface area contributed by atoms with Gasteiger partial charge in [-0.3, -0.25) is 28.9 Å². The monoisotopic (exact) mass is 559 g/mol. The number of aromatic nitrogens is 1. The Hall–Kier alpha value is -3.61. The van der Waals surface area contributed by atoms with Gasteiger partial charge in [0.2, 0.25) is 11.8 Å². The van der Waals surface area contributed by atoms with Crippen LogP contribution in [0.2, 0.25) is 5.02 Å². The van der Waals surface area contributed by atoms with E-state index in [1.807, 2.05) is 6.07 Å². The lowest BCUT2D eigenvalue weighted by molar-refractivity contribution is -0.149. The van der Waals surface area contributed by atoms with E-state index >= 15 is 0 Å². The summed E-state index contributed by atoms with van der Waals surface area (Å²) in [7, 11) is 0. The molecule has 0 saturated carbocycles. The molecule has 0 bridgehead atoms. The zero-order valence-corrected chi connectivity index (χ0v) is 21.2. The van der Waals surface area contributed by atoms with Crippen LogP contribution in [0.25, 0.3) is 0 Å². The molecule has 3 heterocycles. The first-order valence-corrected chi connectivity index (χ1v) is 13.0. The maximum Gasteiger partial charge on any atom is 0.323 e. The molecule has 10 nitrogen and oxygen atoms in total. The lowest BCUT2D eigenvalue weighted by atomic mass is 9.82. The first-order chi connectivity index (χ1) is 17.7. The Bertz CT molecular complexity index is 1470. The van der Waals surface area contributed by atoms with E-state index in [9.17, 15) is 29.1 Å². The molecule has 2 aliphatic heterocycles. The van der Waals surface area contributed by atoms with E-state index in [2.05, 4.69) is 10.3 Å². The van der Waals surface area contributed by atoms with Crippen molar-refractivity contribution in [2.75, 3.05) is 18.5 Å². The molecule has 2 aromatic carbocycles. The lowest BCUT2D eigenvalue weighted by Crippen LogP contribution is -2.36. The number of nitrogens with one attached hydrogen (secondary N) is 2. The molecule has 0 radical (unpaired) electrons. The predicted octanol–water partition coefficient (Wildman–Crippen LogP) is 2.78. The van der Waals surface area contributed by atoms with Crippen LogP contribution in [0.5, 0.6) is 5.75 Å². The summed E-state index contributed by atoms with van der Waals surface area (Å²) in [4.78, 5) is 66.0. The Labute approximate surface area is 222 Å². The molecule has 1 saturated heterocycles. The number of hydrogen-bond acceptors (Lipinski definition) is 8. The minimum Gasteiger partial charge on any atom is -0.483 e. The minimum absolute atomic E-state index is 0.243. The van der Waals surface area contributed by atoms with Crippen LogP contribution >= 0.6 is 34.7 Å². The van der Waals surface area contributed by atoms with E-state index in [0.29, 0.717) is 26.2 Å². The van der Waals surface area contributed by atoms with E-state index in [1.54, 1.807) is 42.5 Å². The number of carboxylic acids is 1. The van der Waals surface area contributed by atoms with Crippen LogP contribution in [-0.4, -0.2) is 57.1 Å². The van der Waals surface area contributed by atoms with Crippen molar-refractivity contribution in [3.8, 4) is 5.75 Å². The zero-order chi connectivity index (χ0) is 26.3. The molecule has 0 spiro atoms. The van der Waals surface area contributed by atoms with Crippen molar-refractivity contribution in [2.45, 2.75) is 16.2 Å². The van der Waals surface area contributed by atoms with Crippen LogP contribution in [0.3, 0.4) is 0 Å². The lowest BCUT2D eigenvalue weighted by Gasteiger charge is -2.31. The second-order valence-electron chi connectivity index (χ2n) is 8.29. The number of nitrogens with zero attached hydrogens (tertiary/aromatic N) is 1. The standard InChI is InChI=1S/C24H18ClN3O7S2/c25-11-6-7-14(35-10-15(29)26-12-4-2-1-3-5-12)13(8-11)17-18-20(36-21-19(17)37-24(34)27-21)23(33)28(22(18)32)9-16(30)31/h1-8,17-18,20H,9-10H2,(H,26,29)(H,27,34)(H,30,31)/t17-,18?,20?/m1/s1. The molecule has 190 valence electrons. The first kappa shape index (κ1) is 25.1. The summed E-state index contributed by atoms with van der Waals surface area (Å²) in [5.41, 5.74) is 1.00. The van der Waals surface area contributed by atoms with Gasteiger partial charge in [-0.25, -0.2) is 0 Å². The average Bonchev–Trinajstić information content (AvgIpc) is 3.34. The van der Waals surface area contributed by atoms with E-state index in [1.165, 1.54) is 0 Å². The van der Waals surface area contributed by atoms with E-state index in [4.69, 9.17) is 16.3 Å². The molecule has 2 unspecified atom stereocenters. The second kappa shape index (κ2) is 10.0. The van der Waals surface area contributed by atoms with E-state index in [0.717, 1.165) is 28.0 Å². The maximum absolute atomic E-state index is 13.4. The van der Waals surface area contributed by atoms with Gasteiger partial charge in [0.05, 0.1) is 10.9 Å². The fraction of sp³-hybridized carbons (Fsp3) is 0.208. The number of ether oxygens (including phenoxy) is 1. The Morgan fingerprint density at radius 1 is 1.11 bits per heavy atom.